The molecule has 2 bridgehead atoms. The van der Waals surface area contributed by atoms with E-state index in [9.17, 15) is 4.79 Å². The lowest BCUT2D eigenvalue weighted by atomic mass is 10.00. The number of hydrogen-bond donors (Lipinski definition) is 1. The molecule has 1 aromatic heterocycles. The Bertz CT molecular complexity index is 1240. The van der Waals surface area contributed by atoms with E-state index in [-0.39, 0.29) is 5.91 Å². The SMILES string of the molecule is CC1CCN(c2ncc(C(=O)N3Cc4ccccc4NCC[C@@H]4CC[C@H](C3)N4Cc3ccccc3)cn2)CC1. The van der Waals surface area contributed by atoms with Crippen molar-refractivity contribution in [1.82, 2.24) is 19.8 Å². The fraction of sp³-hybridized carbons (Fsp3) is 0.469. The Labute approximate surface area is 232 Å². The lowest BCUT2D eigenvalue weighted by Gasteiger charge is -2.34. The summed E-state index contributed by atoms with van der Waals surface area (Å²) in [6, 6.07) is 20.0. The molecule has 204 valence electrons. The minimum absolute atomic E-state index is 0.00553. The van der Waals surface area contributed by atoms with Crippen molar-refractivity contribution >= 4 is 17.5 Å². The number of aromatic nitrogens is 2. The zero-order chi connectivity index (χ0) is 26.6. The molecule has 0 unspecified atom stereocenters. The second kappa shape index (κ2) is 11.7. The van der Waals surface area contributed by atoms with E-state index in [0.717, 1.165) is 81.4 Å². The second-order valence-corrected chi connectivity index (χ2v) is 11.5. The number of hydrogen-bond acceptors (Lipinski definition) is 6. The molecule has 7 heteroatoms. The van der Waals surface area contributed by atoms with Gasteiger partial charge in [-0.2, -0.15) is 0 Å². The van der Waals surface area contributed by atoms with Crippen molar-refractivity contribution in [3.05, 3.63) is 83.7 Å². The summed E-state index contributed by atoms with van der Waals surface area (Å²) in [7, 11) is 0. The van der Waals surface area contributed by atoms with Gasteiger partial charge in [-0.3, -0.25) is 9.69 Å². The molecule has 4 heterocycles. The maximum atomic E-state index is 14.0. The van der Waals surface area contributed by atoms with Gasteiger partial charge >= 0.3 is 0 Å². The molecular formula is C32H40N6O. The molecule has 1 amide bonds. The summed E-state index contributed by atoms with van der Waals surface area (Å²) >= 11 is 0. The van der Waals surface area contributed by atoms with Gasteiger partial charge in [-0.15, -0.1) is 0 Å². The number of benzene rings is 2. The smallest absolute Gasteiger partial charge is 0.257 e. The van der Waals surface area contributed by atoms with Crippen molar-refractivity contribution in [2.45, 2.75) is 64.2 Å². The van der Waals surface area contributed by atoms with Crippen molar-refractivity contribution in [3.63, 3.8) is 0 Å². The fourth-order valence-electron chi connectivity index (χ4n) is 6.44. The monoisotopic (exact) mass is 524 g/mol. The molecule has 3 aliphatic heterocycles. The lowest BCUT2D eigenvalue weighted by molar-refractivity contribution is 0.0662. The van der Waals surface area contributed by atoms with Gasteiger partial charge in [-0.05, 0) is 55.2 Å². The number of carbonyl (C=O) groups excluding carboxylic acids is 1. The van der Waals surface area contributed by atoms with Gasteiger partial charge in [0.1, 0.15) is 0 Å². The van der Waals surface area contributed by atoms with Crippen LogP contribution in [0.15, 0.2) is 67.0 Å². The number of para-hydroxylation sites is 1. The number of carbonyl (C=O) groups is 1. The average Bonchev–Trinajstić information content (AvgIpc) is 3.33. The highest BCUT2D eigenvalue weighted by molar-refractivity contribution is 5.93. The van der Waals surface area contributed by atoms with Crippen LogP contribution in [0.25, 0.3) is 0 Å². The Kier molecular flexibility index (Phi) is 7.77. The zero-order valence-corrected chi connectivity index (χ0v) is 23.0. The molecule has 3 aromatic rings. The van der Waals surface area contributed by atoms with Crippen LogP contribution >= 0.6 is 0 Å². The quantitative estimate of drug-likeness (QED) is 0.506. The summed E-state index contributed by atoms with van der Waals surface area (Å²) in [4.78, 5) is 30.2. The average molecular weight is 525 g/mol. The molecule has 3 aliphatic rings. The summed E-state index contributed by atoms with van der Waals surface area (Å²) in [5, 5.41) is 3.68. The largest absolute Gasteiger partial charge is 0.385 e. The first-order chi connectivity index (χ1) is 19.1. The van der Waals surface area contributed by atoms with E-state index < -0.39 is 0 Å². The molecule has 0 spiro atoms. The zero-order valence-electron chi connectivity index (χ0n) is 23.0. The van der Waals surface area contributed by atoms with Crippen LogP contribution in [0.4, 0.5) is 11.6 Å². The summed E-state index contributed by atoms with van der Waals surface area (Å²) < 4.78 is 0. The molecule has 0 saturated carbocycles. The van der Waals surface area contributed by atoms with Gasteiger partial charge in [-0.1, -0.05) is 55.5 Å². The number of amides is 1. The van der Waals surface area contributed by atoms with E-state index in [2.05, 4.69) is 86.6 Å². The lowest BCUT2D eigenvalue weighted by Crippen LogP contribution is -2.45. The first kappa shape index (κ1) is 25.8. The highest BCUT2D eigenvalue weighted by Gasteiger charge is 2.36. The van der Waals surface area contributed by atoms with Gasteiger partial charge in [0.2, 0.25) is 5.95 Å². The topological polar surface area (TPSA) is 64.6 Å². The third kappa shape index (κ3) is 5.93. The molecule has 0 radical (unpaired) electrons. The molecule has 0 aliphatic carbocycles. The third-order valence-corrected chi connectivity index (χ3v) is 8.82. The highest BCUT2D eigenvalue weighted by atomic mass is 16.2. The van der Waals surface area contributed by atoms with E-state index in [1.54, 1.807) is 12.4 Å². The molecule has 2 atom stereocenters. The number of nitrogens with one attached hydrogen (secondary N) is 1. The van der Waals surface area contributed by atoms with Gasteiger partial charge in [0.05, 0.1) is 5.56 Å². The predicted octanol–water partition coefficient (Wildman–Crippen LogP) is 5.20. The van der Waals surface area contributed by atoms with Crippen molar-refractivity contribution < 1.29 is 4.79 Å². The van der Waals surface area contributed by atoms with Crippen LogP contribution in [0.3, 0.4) is 0 Å². The first-order valence-corrected chi connectivity index (χ1v) is 14.6. The Morgan fingerprint density at radius 1 is 0.897 bits per heavy atom. The van der Waals surface area contributed by atoms with E-state index >= 15 is 0 Å². The normalized spacial score (nSPS) is 22.6. The maximum Gasteiger partial charge on any atom is 0.257 e. The van der Waals surface area contributed by atoms with Gasteiger partial charge in [0.25, 0.3) is 5.91 Å². The summed E-state index contributed by atoms with van der Waals surface area (Å²) in [6.07, 6.45) is 9.14. The van der Waals surface area contributed by atoms with Crippen molar-refractivity contribution in [2.75, 3.05) is 36.4 Å². The van der Waals surface area contributed by atoms with E-state index in [0.29, 0.717) is 30.7 Å². The van der Waals surface area contributed by atoms with Crippen LogP contribution in [0.5, 0.6) is 0 Å². The van der Waals surface area contributed by atoms with E-state index in [1.807, 2.05) is 4.90 Å². The van der Waals surface area contributed by atoms with Crippen LogP contribution in [-0.2, 0) is 13.1 Å². The van der Waals surface area contributed by atoms with Gasteiger partial charge in [-0.25, -0.2) is 9.97 Å². The Morgan fingerprint density at radius 2 is 1.62 bits per heavy atom. The third-order valence-electron chi connectivity index (χ3n) is 8.82. The van der Waals surface area contributed by atoms with Crippen molar-refractivity contribution in [2.24, 2.45) is 5.92 Å². The van der Waals surface area contributed by atoms with Gasteiger partial charge in [0, 0.05) is 69.4 Å². The van der Waals surface area contributed by atoms with Crippen molar-refractivity contribution in [1.29, 1.82) is 0 Å². The second-order valence-electron chi connectivity index (χ2n) is 11.5. The molecule has 2 aromatic carbocycles. The highest BCUT2D eigenvalue weighted by Crippen LogP contribution is 2.31. The summed E-state index contributed by atoms with van der Waals surface area (Å²) in [5.74, 6) is 1.49. The minimum atomic E-state index is 0.00553. The number of anilines is 2. The molecule has 2 fully saturated rings. The van der Waals surface area contributed by atoms with Gasteiger partial charge < -0.3 is 15.1 Å². The van der Waals surface area contributed by atoms with Crippen LogP contribution < -0.4 is 10.2 Å². The predicted molar refractivity (Wildman–Crippen MR) is 156 cm³/mol. The summed E-state index contributed by atoms with van der Waals surface area (Å²) in [5.41, 5.74) is 4.16. The Balaban J connectivity index is 1.26. The van der Waals surface area contributed by atoms with E-state index in [1.165, 1.54) is 5.56 Å². The molecular weight excluding hydrogens is 484 g/mol. The molecule has 7 nitrogen and oxygen atoms in total. The standard InChI is InChI=1S/C32H40N6O/c1-24-14-17-36(18-15-24)32-34-19-27(20-35-32)31(39)37-22-26-9-5-6-10-30(26)33-16-13-28-11-12-29(23-37)38(28)21-25-7-3-2-4-8-25/h2-10,19-20,24,28-29,33H,11-18,21-23H2,1H3/t28-,29+/m0/s1. The first-order valence-electron chi connectivity index (χ1n) is 14.6. The van der Waals surface area contributed by atoms with Crippen LogP contribution in [0, 0.1) is 5.92 Å². The van der Waals surface area contributed by atoms with Crippen LogP contribution in [0.1, 0.15) is 60.5 Å². The minimum Gasteiger partial charge on any atom is -0.385 e. The van der Waals surface area contributed by atoms with Crippen molar-refractivity contribution in [3.8, 4) is 0 Å². The molecule has 2 saturated heterocycles. The number of piperidine rings is 1. The summed E-state index contributed by atoms with van der Waals surface area (Å²) in [6.45, 7) is 7.36. The number of fused-ring (bicyclic) bond motifs is 3. The maximum absolute atomic E-state index is 14.0. The molecule has 39 heavy (non-hydrogen) atoms. The molecule has 6 rings (SSSR count). The number of nitrogens with zero attached hydrogens (tertiary/aromatic N) is 5. The van der Waals surface area contributed by atoms with E-state index in [4.69, 9.17) is 0 Å². The fourth-order valence-corrected chi connectivity index (χ4v) is 6.44. The molecule has 1 N–H and O–H groups in total. The Hall–Kier alpha value is -3.45. The van der Waals surface area contributed by atoms with Crippen LogP contribution in [0.2, 0.25) is 0 Å². The van der Waals surface area contributed by atoms with Crippen LogP contribution in [-0.4, -0.2) is 63.9 Å². The van der Waals surface area contributed by atoms with Gasteiger partial charge in [0.15, 0.2) is 0 Å². The Morgan fingerprint density at radius 3 is 2.41 bits per heavy atom. The number of rotatable bonds is 4.